The molecule has 0 radical (unpaired) electrons. The van der Waals surface area contributed by atoms with E-state index < -0.39 is 26.7 Å². The van der Waals surface area contributed by atoms with Crippen molar-refractivity contribution < 1.29 is 26.4 Å². The van der Waals surface area contributed by atoms with Gasteiger partial charge < -0.3 is 10.6 Å². The summed E-state index contributed by atoms with van der Waals surface area (Å²) in [6.07, 6.45) is 0.161. The molecule has 1 amide bonds. The van der Waals surface area contributed by atoms with Crippen molar-refractivity contribution >= 4 is 43.7 Å². The quantitative estimate of drug-likeness (QED) is 0.345. The standard InChI is InChI=1S/C28H19F3N4O3S/c29-28(30,31)16-39(37,38)20-5-3-19(4-6-20)34-25-14-21-18(15-33-25)9-12-32-23(21)8-2-17-1-7-22-24(13-17)35-26(36)27(22)10-11-27/h1,3-7,9,12-15H,10-11,16H2,(H,33,34)(H,35,36). The maximum absolute atomic E-state index is 12.6. The Hall–Kier alpha value is -4.43. The zero-order valence-corrected chi connectivity index (χ0v) is 20.9. The minimum absolute atomic E-state index is 0.0448. The van der Waals surface area contributed by atoms with E-state index in [0.29, 0.717) is 17.2 Å². The van der Waals surface area contributed by atoms with Crippen molar-refractivity contribution in [2.45, 2.75) is 29.3 Å². The fraction of sp³-hybridized carbons (Fsp3) is 0.179. The number of nitrogens with zero attached hydrogens (tertiary/aromatic N) is 2. The summed E-state index contributed by atoms with van der Waals surface area (Å²) in [7, 11) is -4.49. The van der Waals surface area contributed by atoms with Crippen LogP contribution in [0.15, 0.2) is 71.9 Å². The molecule has 1 saturated carbocycles. The Bertz CT molecular complexity index is 1820. The Morgan fingerprint density at radius 1 is 1.00 bits per heavy atom. The van der Waals surface area contributed by atoms with Gasteiger partial charge in [-0.25, -0.2) is 18.4 Å². The van der Waals surface area contributed by atoms with Gasteiger partial charge in [-0.3, -0.25) is 4.79 Å². The van der Waals surface area contributed by atoms with Gasteiger partial charge in [0.1, 0.15) is 11.5 Å². The zero-order valence-electron chi connectivity index (χ0n) is 20.1. The van der Waals surface area contributed by atoms with Crippen LogP contribution in [0.25, 0.3) is 10.8 Å². The summed E-state index contributed by atoms with van der Waals surface area (Å²) in [5, 5.41) is 7.49. The summed E-state index contributed by atoms with van der Waals surface area (Å²) in [5.74, 6) is 4.74. The Morgan fingerprint density at radius 2 is 1.77 bits per heavy atom. The first-order valence-corrected chi connectivity index (χ1v) is 13.6. The molecular formula is C28H19F3N4O3S. The maximum atomic E-state index is 12.6. The first kappa shape index (κ1) is 24.9. The van der Waals surface area contributed by atoms with Crippen LogP contribution in [0.1, 0.15) is 29.7 Å². The average molecular weight is 549 g/mol. The fourth-order valence-corrected chi connectivity index (χ4v) is 5.83. The van der Waals surface area contributed by atoms with E-state index in [-0.39, 0.29) is 11.3 Å². The second-order valence-corrected chi connectivity index (χ2v) is 11.5. The highest BCUT2D eigenvalue weighted by Gasteiger charge is 2.56. The predicted octanol–water partition coefficient (Wildman–Crippen LogP) is 5.09. The Kier molecular flexibility index (Phi) is 5.62. The van der Waals surface area contributed by atoms with Gasteiger partial charge in [0.15, 0.2) is 15.6 Å². The molecule has 1 fully saturated rings. The van der Waals surface area contributed by atoms with E-state index >= 15 is 0 Å². The van der Waals surface area contributed by atoms with Gasteiger partial charge in [-0.1, -0.05) is 12.0 Å². The fourth-order valence-electron chi connectivity index (χ4n) is 4.69. The second-order valence-electron chi connectivity index (χ2n) is 9.52. The lowest BCUT2D eigenvalue weighted by atomic mass is 9.97. The minimum atomic E-state index is -4.82. The van der Waals surface area contributed by atoms with Crippen LogP contribution in [0.2, 0.25) is 0 Å². The molecule has 6 rings (SSSR count). The SMILES string of the molecule is O=C1Nc2cc(C#Cc3nccc4cnc(Nc5ccc(S(=O)(=O)CC(F)(F)F)cc5)cc34)ccc2C12CC2. The number of amides is 1. The summed E-state index contributed by atoms with van der Waals surface area (Å²) in [6.45, 7) is 0. The van der Waals surface area contributed by atoms with Crippen molar-refractivity contribution in [3.05, 3.63) is 83.8 Å². The summed E-state index contributed by atoms with van der Waals surface area (Å²) in [6, 6.07) is 14.2. The molecule has 1 spiro atoms. The number of nitrogens with one attached hydrogen (secondary N) is 2. The van der Waals surface area contributed by atoms with Crippen LogP contribution in [-0.2, 0) is 20.0 Å². The number of carbonyl (C=O) groups is 1. The third kappa shape index (κ3) is 4.79. The highest BCUT2D eigenvalue weighted by atomic mass is 32.2. The average Bonchev–Trinajstić information content (AvgIpc) is 3.63. The Morgan fingerprint density at radius 3 is 2.49 bits per heavy atom. The van der Waals surface area contributed by atoms with E-state index in [1.54, 1.807) is 24.5 Å². The van der Waals surface area contributed by atoms with Gasteiger partial charge in [0.25, 0.3) is 0 Å². The molecular weight excluding hydrogens is 529 g/mol. The van der Waals surface area contributed by atoms with Gasteiger partial charge in [0.2, 0.25) is 5.91 Å². The lowest BCUT2D eigenvalue weighted by Crippen LogP contribution is -2.22. The molecule has 2 N–H and O–H groups in total. The van der Waals surface area contributed by atoms with Crippen molar-refractivity contribution in [1.29, 1.82) is 0 Å². The zero-order chi connectivity index (χ0) is 27.4. The molecule has 0 bridgehead atoms. The summed E-state index contributed by atoms with van der Waals surface area (Å²) < 4.78 is 61.7. The Balaban J connectivity index is 1.24. The number of aromatic nitrogens is 2. The minimum Gasteiger partial charge on any atom is -0.340 e. The molecule has 0 atom stereocenters. The van der Waals surface area contributed by atoms with Gasteiger partial charge in [-0.15, -0.1) is 0 Å². The second kappa shape index (κ2) is 8.81. The highest BCUT2D eigenvalue weighted by Crippen LogP contribution is 2.55. The van der Waals surface area contributed by atoms with Gasteiger partial charge in [0, 0.05) is 40.1 Å². The molecule has 1 aliphatic carbocycles. The van der Waals surface area contributed by atoms with Crippen molar-refractivity contribution in [2.75, 3.05) is 16.4 Å². The Labute approximate surface area is 221 Å². The summed E-state index contributed by atoms with van der Waals surface area (Å²) >= 11 is 0. The first-order valence-electron chi connectivity index (χ1n) is 11.9. The van der Waals surface area contributed by atoms with E-state index in [1.807, 2.05) is 18.2 Å². The molecule has 39 heavy (non-hydrogen) atoms. The molecule has 2 aliphatic rings. The third-order valence-corrected chi connectivity index (χ3v) is 8.48. The molecule has 0 saturated heterocycles. The number of anilines is 3. The number of hydrogen-bond acceptors (Lipinski definition) is 6. The number of halogens is 3. The number of rotatable bonds is 4. The molecule has 2 aromatic carbocycles. The molecule has 2 aromatic heterocycles. The van der Waals surface area contributed by atoms with Crippen LogP contribution < -0.4 is 10.6 Å². The highest BCUT2D eigenvalue weighted by molar-refractivity contribution is 7.91. The molecule has 1 aliphatic heterocycles. The smallest absolute Gasteiger partial charge is 0.340 e. The normalized spacial score (nSPS) is 15.4. The van der Waals surface area contributed by atoms with Crippen molar-refractivity contribution in [3.63, 3.8) is 0 Å². The van der Waals surface area contributed by atoms with Gasteiger partial charge in [-0.05, 0) is 72.9 Å². The van der Waals surface area contributed by atoms with Crippen molar-refractivity contribution in [2.24, 2.45) is 0 Å². The monoisotopic (exact) mass is 548 g/mol. The number of alkyl halides is 3. The van der Waals surface area contributed by atoms with E-state index in [0.717, 1.165) is 52.6 Å². The van der Waals surface area contributed by atoms with Gasteiger partial charge in [0.05, 0.1) is 10.3 Å². The van der Waals surface area contributed by atoms with Crippen molar-refractivity contribution in [3.8, 4) is 11.8 Å². The molecule has 196 valence electrons. The van der Waals surface area contributed by atoms with Crippen LogP contribution in [0, 0.1) is 11.8 Å². The number of sulfone groups is 1. The van der Waals surface area contributed by atoms with Crippen LogP contribution in [-0.4, -0.2) is 36.2 Å². The van der Waals surface area contributed by atoms with Gasteiger partial charge >= 0.3 is 6.18 Å². The van der Waals surface area contributed by atoms with E-state index in [2.05, 4.69) is 32.4 Å². The molecule has 4 aromatic rings. The number of fused-ring (bicyclic) bond motifs is 3. The number of carbonyl (C=O) groups excluding carboxylic acids is 1. The lowest BCUT2D eigenvalue weighted by molar-refractivity contribution is -0.118. The molecule has 11 heteroatoms. The third-order valence-electron chi connectivity index (χ3n) is 6.78. The van der Waals surface area contributed by atoms with Crippen molar-refractivity contribution in [1.82, 2.24) is 9.97 Å². The van der Waals surface area contributed by atoms with Crippen LogP contribution >= 0.6 is 0 Å². The van der Waals surface area contributed by atoms with E-state index in [4.69, 9.17) is 0 Å². The number of hydrogen-bond donors (Lipinski definition) is 2. The largest absolute Gasteiger partial charge is 0.403 e. The number of pyridine rings is 2. The molecule has 0 unspecified atom stereocenters. The summed E-state index contributed by atoms with van der Waals surface area (Å²) in [4.78, 5) is 20.6. The van der Waals surface area contributed by atoms with Crippen LogP contribution in [0.3, 0.4) is 0 Å². The van der Waals surface area contributed by atoms with Crippen LogP contribution in [0.5, 0.6) is 0 Å². The van der Waals surface area contributed by atoms with Gasteiger partial charge in [-0.2, -0.15) is 13.2 Å². The van der Waals surface area contributed by atoms with Crippen LogP contribution in [0.4, 0.5) is 30.4 Å². The molecule has 7 nitrogen and oxygen atoms in total. The predicted molar refractivity (Wildman–Crippen MR) is 139 cm³/mol. The topological polar surface area (TPSA) is 101 Å². The number of benzene rings is 2. The summed E-state index contributed by atoms with van der Waals surface area (Å²) in [5.41, 5.74) is 3.15. The maximum Gasteiger partial charge on any atom is 0.403 e. The first-order chi connectivity index (χ1) is 18.5. The van der Waals surface area contributed by atoms with E-state index in [1.165, 1.54) is 12.1 Å². The van der Waals surface area contributed by atoms with E-state index in [9.17, 15) is 26.4 Å². The lowest BCUT2D eigenvalue weighted by Gasteiger charge is -2.10. The molecule has 3 heterocycles.